The van der Waals surface area contributed by atoms with Crippen molar-refractivity contribution in [3.05, 3.63) is 34.9 Å². The Hall–Kier alpha value is -0.860. The first-order valence-corrected chi connectivity index (χ1v) is 7.37. The van der Waals surface area contributed by atoms with Gasteiger partial charge in [0.1, 0.15) is 5.78 Å². The van der Waals surface area contributed by atoms with Crippen LogP contribution in [-0.2, 0) is 11.2 Å². The van der Waals surface area contributed by atoms with Crippen molar-refractivity contribution in [1.82, 2.24) is 5.32 Å². The Balaban J connectivity index is 2.08. The third-order valence-corrected chi connectivity index (χ3v) is 4.71. The van der Waals surface area contributed by atoms with Gasteiger partial charge in [-0.15, -0.1) is 0 Å². The van der Waals surface area contributed by atoms with Gasteiger partial charge in [0, 0.05) is 16.9 Å². The Morgan fingerprint density at radius 3 is 2.79 bits per heavy atom. The molecular weight excluding hydrogens is 258 g/mol. The van der Waals surface area contributed by atoms with Crippen LogP contribution >= 0.6 is 11.6 Å². The summed E-state index contributed by atoms with van der Waals surface area (Å²) in [4.78, 5) is 12.6. The van der Waals surface area contributed by atoms with Crippen LogP contribution in [0.25, 0.3) is 0 Å². The van der Waals surface area contributed by atoms with Gasteiger partial charge in [0.05, 0.1) is 0 Å². The molecule has 0 radical (unpaired) electrons. The monoisotopic (exact) mass is 279 g/mol. The first kappa shape index (κ1) is 14.5. The molecule has 1 atom stereocenters. The Labute approximate surface area is 120 Å². The summed E-state index contributed by atoms with van der Waals surface area (Å²) in [6.45, 7) is 6.17. The van der Waals surface area contributed by atoms with Gasteiger partial charge in [0.15, 0.2) is 0 Å². The maximum absolute atomic E-state index is 12.6. The smallest absolute Gasteiger partial charge is 0.143 e. The molecule has 0 aliphatic carbocycles. The van der Waals surface area contributed by atoms with Gasteiger partial charge in [-0.25, -0.2) is 0 Å². The fraction of sp³-hybridized carbons (Fsp3) is 0.562. The highest BCUT2D eigenvalue weighted by atomic mass is 35.5. The Kier molecular flexibility index (Phi) is 4.64. The van der Waals surface area contributed by atoms with Crippen molar-refractivity contribution >= 4 is 17.4 Å². The highest BCUT2D eigenvalue weighted by molar-refractivity contribution is 6.31. The van der Waals surface area contributed by atoms with Gasteiger partial charge in [-0.05, 0) is 43.5 Å². The molecule has 1 aromatic carbocycles. The number of nitrogens with one attached hydrogen (secondary N) is 1. The van der Waals surface area contributed by atoms with E-state index in [-0.39, 0.29) is 11.2 Å². The number of carbonyl (C=O) groups excluding carboxylic acids is 1. The zero-order valence-corrected chi connectivity index (χ0v) is 12.5. The summed E-state index contributed by atoms with van der Waals surface area (Å²) in [5, 5.41) is 4.08. The van der Waals surface area contributed by atoms with E-state index in [4.69, 9.17) is 11.6 Å². The predicted octanol–water partition coefficient (Wildman–Crippen LogP) is 3.48. The molecule has 2 nitrogen and oxygen atoms in total. The third-order valence-electron chi connectivity index (χ3n) is 4.35. The lowest BCUT2D eigenvalue weighted by molar-refractivity contribution is -0.129. The molecule has 1 fully saturated rings. The molecule has 0 spiro atoms. The van der Waals surface area contributed by atoms with Crippen molar-refractivity contribution < 1.29 is 4.79 Å². The van der Waals surface area contributed by atoms with Crippen LogP contribution in [0.15, 0.2) is 24.3 Å². The first-order valence-electron chi connectivity index (χ1n) is 6.99. The summed E-state index contributed by atoms with van der Waals surface area (Å²) < 4.78 is 0. The van der Waals surface area contributed by atoms with E-state index >= 15 is 0 Å². The summed E-state index contributed by atoms with van der Waals surface area (Å²) in [6, 6.07) is 7.62. The molecule has 1 saturated heterocycles. The zero-order chi connectivity index (χ0) is 13.9. The van der Waals surface area contributed by atoms with Crippen molar-refractivity contribution in [2.24, 2.45) is 11.3 Å². The average Bonchev–Trinajstić information content (AvgIpc) is 2.42. The molecule has 3 heteroatoms. The van der Waals surface area contributed by atoms with Gasteiger partial charge in [-0.1, -0.05) is 43.6 Å². The molecule has 19 heavy (non-hydrogen) atoms. The SMILES string of the molecule is CC(C)(C(=O)Cc1ccccc1Cl)C1CCCNC1. The van der Waals surface area contributed by atoms with Crippen molar-refractivity contribution in [1.29, 1.82) is 0 Å². The van der Waals surface area contributed by atoms with E-state index in [1.54, 1.807) is 0 Å². The van der Waals surface area contributed by atoms with Crippen LogP contribution in [0.1, 0.15) is 32.3 Å². The quantitative estimate of drug-likeness (QED) is 0.914. The van der Waals surface area contributed by atoms with E-state index in [1.807, 2.05) is 24.3 Å². The fourth-order valence-electron chi connectivity index (χ4n) is 2.74. The number of ketones is 1. The molecule has 1 aliphatic heterocycles. The molecule has 1 N–H and O–H groups in total. The molecule has 0 bridgehead atoms. The van der Waals surface area contributed by atoms with Gasteiger partial charge in [-0.2, -0.15) is 0 Å². The Bertz CT molecular complexity index is 450. The molecule has 1 unspecified atom stereocenters. The van der Waals surface area contributed by atoms with Crippen LogP contribution in [0.2, 0.25) is 5.02 Å². The summed E-state index contributed by atoms with van der Waals surface area (Å²) >= 11 is 6.14. The summed E-state index contributed by atoms with van der Waals surface area (Å²) in [5.74, 6) is 0.713. The van der Waals surface area contributed by atoms with Crippen LogP contribution in [0.4, 0.5) is 0 Å². The minimum Gasteiger partial charge on any atom is -0.316 e. The summed E-state index contributed by atoms with van der Waals surface area (Å²) in [6.07, 6.45) is 2.73. The normalized spacial score (nSPS) is 20.3. The number of Topliss-reactive ketones (excluding diaryl/α,β-unsaturated/α-hetero) is 1. The molecule has 1 aromatic rings. The predicted molar refractivity (Wildman–Crippen MR) is 79.5 cm³/mol. The highest BCUT2D eigenvalue weighted by Gasteiger charge is 2.36. The lowest BCUT2D eigenvalue weighted by Gasteiger charge is -2.36. The van der Waals surface area contributed by atoms with Gasteiger partial charge in [-0.3, -0.25) is 4.79 Å². The summed E-state index contributed by atoms with van der Waals surface area (Å²) in [7, 11) is 0. The van der Waals surface area contributed by atoms with Gasteiger partial charge < -0.3 is 5.32 Å². The largest absolute Gasteiger partial charge is 0.316 e. The highest BCUT2D eigenvalue weighted by Crippen LogP contribution is 2.34. The number of piperidine rings is 1. The second kappa shape index (κ2) is 6.06. The van der Waals surface area contributed by atoms with Crippen LogP contribution in [0.5, 0.6) is 0 Å². The average molecular weight is 280 g/mol. The van der Waals surface area contributed by atoms with Crippen LogP contribution in [0, 0.1) is 11.3 Å². The maximum atomic E-state index is 12.6. The fourth-order valence-corrected chi connectivity index (χ4v) is 2.94. The van der Waals surface area contributed by atoms with E-state index in [9.17, 15) is 4.79 Å². The molecule has 0 amide bonds. The number of carbonyl (C=O) groups is 1. The molecule has 1 heterocycles. The van der Waals surface area contributed by atoms with Gasteiger partial charge >= 0.3 is 0 Å². The van der Waals surface area contributed by atoms with E-state index in [2.05, 4.69) is 19.2 Å². The molecule has 0 saturated carbocycles. The molecule has 2 rings (SSSR count). The number of hydrogen-bond donors (Lipinski definition) is 1. The number of halogens is 1. The van der Waals surface area contributed by atoms with Crippen molar-refractivity contribution in [3.8, 4) is 0 Å². The maximum Gasteiger partial charge on any atom is 0.143 e. The molecule has 0 aromatic heterocycles. The van der Waals surface area contributed by atoms with Crippen LogP contribution in [0.3, 0.4) is 0 Å². The lowest BCUT2D eigenvalue weighted by Crippen LogP contribution is -2.43. The van der Waals surface area contributed by atoms with Crippen LogP contribution in [-0.4, -0.2) is 18.9 Å². The van der Waals surface area contributed by atoms with Crippen molar-refractivity contribution in [3.63, 3.8) is 0 Å². The minimum absolute atomic E-state index is 0.285. The number of hydrogen-bond acceptors (Lipinski definition) is 2. The van der Waals surface area contributed by atoms with Crippen molar-refractivity contribution in [2.45, 2.75) is 33.1 Å². The number of rotatable bonds is 4. The van der Waals surface area contributed by atoms with E-state index in [0.29, 0.717) is 17.4 Å². The summed E-state index contributed by atoms with van der Waals surface area (Å²) in [5.41, 5.74) is 0.651. The standard InChI is InChI=1S/C16H22ClNO/c1-16(2,13-7-5-9-18-11-13)15(19)10-12-6-3-4-8-14(12)17/h3-4,6,8,13,18H,5,7,9-11H2,1-2H3. The Morgan fingerprint density at radius 2 is 2.16 bits per heavy atom. The molecular formula is C16H22ClNO. The molecule has 104 valence electrons. The number of benzene rings is 1. The van der Waals surface area contributed by atoms with E-state index < -0.39 is 0 Å². The van der Waals surface area contributed by atoms with Gasteiger partial charge in [0.2, 0.25) is 0 Å². The Morgan fingerprint density at radius 1 is 1.42 bits per heavy atom. The lowest BCUT2D eigenvalue weighted by atomic mass is 9.71. The zero-order valence-electron chi connectivity index (χ0n) is 11.7. The molecule has 1 aliphatic rings. The van der Waals surface area contributed by atoms with Gasteiger partial charge in [0.25, 0.3) is 0 Å². The topological polar surface area (TPSA) is 29.1 Å². The minimum atomic E-state index is -0.285. The van der Waals surface area contributed by atoms with Crippen LogP contribution < -0.4 is 5.32 Å². The van der Waals surface area contributed by atoms with E-state index in [1.165, 1.54) is 0 Å². The third kappa shape index (κ3) is 3.37. The van der Waals surface area contributed by atoms with E-state index in [0.717, 1.165) is 31.5 Å². The first-order chi connectivity index (χ1) is 9.01. The van der Waals surface area contributed by atoms with Crippen molar-refractivity contribution in [2.75, 3.05) is 13.1 Å². The second-order valence-electron chi connectivity index (χ2n) is 5.96. The second-order valence-corrected chi connectivity index (χ2v) is 6.36.